The molecule has 0 radical (unpaired) electrons. The minimum Gasteiger partial charge on any atom is -0.461 e. The molecule has 4 saturated carbocycles. The summed E-state index contributed by atoms with van der Waals surface area (Å²) in [6.07, 6.45) is 3.86. The molecule has 2 heterocycles. The molecule has 2 saturated heterocycles. The number of Topliss-reactive ketones (excluding diaryl/α,β-unsaturated/α-hetero) is 1. The topological polar surface area (TPSA) is 107 Å². The molecule has 1 spiro atoms. The minimum absolute atomic E-state index is 0.00970. The van der Waals surface area contributed by atoms with Crippen LogP contribution in [0.4, 0.5) is 0 Å². The standard InChI is InChI=1S/C29H34O7/c1-12-7-19-23(24(32)27(4)17(12)5-6-20(27)30)29(26(34)36-19)10-15-9-21(31)28(29)11-16-14(3)25(33)35-18(16)8-13(2)22(15)28/h5-6,12-13,15-19,22-24,32H,3,7-11H2,1-2,4H3/t12?,13-,15+,16-,17?,18-,19-,22-,23-,24?,27+,28?,29-/m1/s1. The molecule has 1 N–H and O–H groups in total. The molecular weight excluding hydrogens is 460 g/mol. The number of ether oxygens (including phenoxy) is 2. The van der Waals surface area contributed by atoms with E-state index in [1.54, 1.807) is 6.08 Å². The second-order valence-electron chi connectivity index (χ2n) is 13.2. The van der Waals surface area contributed by atoms with Crippen LogP contribution in [0.3, 0.4) is 0 Å². The first-order valence-corrected chi connectivity index (χ1v) is 13.5. The van der Waals surface area contributed by atoms with Crippen molar-refractivity contribution >= 4 is 23.5 Å². The average Bonchev–Trinajstić information content (AvgIpc) is 3.48. The van der Waals surface area contributed by atoms with E-state index >= 15 is 0 Å². The highest BCUT2D eigenvalue weighted by Crippen LogP contribution is 2.77. The van der Waals surface area contributed by atoms with E-state index in [1.165, 1.54) is 0 Å². The molecule has 0 aromatic rings. The number of rotatable bonds is 0. The quantitative estimate of drug-likeness (QED) is 0.408. The van der Waals surface area contributed by atoms with Gasteiger partial charge in [0.25, 0.3) is 0 Å². The Bertz CT molecular complexity index is 1170. The van der Waals surface area contributed by atoms with Gasteiger partial charge in [-0.25, -0.2) is 4.79 Å². The number of allylic oxidation sites excluding steroid dienone is 2. The number of aliphatic hydroxyl groups excluding tert-OH is 1. The largest absolute Gasteiger partial charge is 0.461 e. The Labute approximate surface area is 210 Å². The molecule has 7 heteroatoms. The highest BCUT2D eigenvalue weighted by atomic mass is 16.6. The smallest absolute Gasteiger partial charge is 0.334 e. The van der Waals surface area contributed by atoms with Gasteiger partial charge in [-0.15, -0.1) is 0 Å². The summed E-state index contributed by atoms with van der Waals surface area (Å²) in [7, 11) is 0. The van der Waals surface area contributed by atoms with Crippen LogP contribution >= 0.6 is 0 Å². The van der Waals surface area contributed by atoms with E-state index in [0.29, 0.717) is 37.7 Å². The Balaban J connectivity index is 1.43. The zero-order chi connectivity index (χ0) is 25.5. The number of fused-ring (bicyclic) bond motifs is 4. The van der Waals surface area contributed by atoms with Crippen molar-refractivity contribution in [2.24, 2.45) is 57.7 Å². The summed E-state index contributed by atoms with van der Waals surface area (Å²) >= 11 is 0. The Morgan fingerprint density at radius 2 is 1.69 bits per heavy atom. The molecule has 6 fully saturated rings. The Hall–Kier alpha value is -2.28. The van der Waals surface area contributed by atoms with Crippen molar-refractivity contribution in [1.82, 2.24) is 0 Å². The van der Waals surface area contributed by atoms with Crippen molar-refractivity contribution in [1.29, 1.82) is 0 Å². The van der Waals surface area contributed by atoms with E-state index in [-0.39, 0.29) is 53.2 Å². The van der Waals surface area contributed by atoms with Crippen LogP contribution in [0.5, 0.6) is 0 Å². The van der Waals surface area contributed by atoms with Crippen LogP contribution in [0, 0.1) is 57.7 Å². The summed E-state index contributed by atoms with van der Waals surface area (Å²) in [6.45, 7) is 10.00. The molecule has 7 rings (SSSR count). The van der Waals surface area contributed by atoms with Gasteiger partial charge in [-0.05, 0) is 68.3 Å². The van der Waals surface area contributed by atoms with Crippen molar-refractivity contribution in [2.75, 3.05) is 0 Å². The summed E-state index contributed by atoms with van der Waals surface area (Å²) in [5, 5.41) is 12.1. The van der Waals surface area contributed by atoms with Gasteiger partial charge in [0.05, 0.1) is 16.9 Å². The van der Waals surface area contributed by atoms with Crippen LogP contribution in [0.25, 0.3) is 0 Å². The highest BCUT2D eigenvalue weighted by molar-refractivity contribution is 6.00. The Kier molecular flexibility index (Phi) is 4.30. The predicted molar refractivity (Wildman–Crippen MR) is 126 cm³/mol. The fourth-order valence-corrected chi connectivity index (χ4v) is 10.7. The highest BCUT2D eigenvalue weighted by Gasteiger charge is 2.83. The van der Waals surface area contributed by atoms with Crippen LogP contribution in [0.1, 0.15) is 52.9 Å². The Morgan fingerprint density at radius 3 is 2.44 bits per heavy atom. The lowest BCUT2D eigenvalue weighted by Gasteiger charge is -2.49. The molecule has 0 amide bonds. The number of hydrogen-bond acceptors (Lipinski definition) is 7. The number of carbonyl (C=O) groups excluding carboxylic acids is 4. The van der Waals surface area contributed by atoms with Gasteiger partial charge in [-0.3, -0.25) is 14.4 Å². The van der Waals surface area contributed by atoms with Gasteiger partial charge >= 0.3 is 11.9 Å². The first-order chi connectivity index (χ1) is 17.0. The molecule has 192 valence electrons. The summed E-state index contributed by atoms with van der Waals surface area (Å²) in [4.78, 5) is 54.0. The van der Waals surface area contributed by atoms with E-state index in [9.17, 15) is 24.3 Å². The molecular formula is C29H34O7. The van der Waals surface area contributed by atoms with Crippen LogP contribution in [0.15, 0.2) is 24.3 Å². The lowest BCUT2D eigenvalue weighted by molar-refractivity contribution is -0.169. The fraction of sp³-hybridized carbons (Fsp3) is 0.724. The SMILES string of the molecule is C=C1C(=O)O[C@@H]2C[C@@H](C)[C@@H]3[C@H]4CC(=O)C3(C[C@H]12)[C@@]1(C4)C(=O)O[C@@H]2CC(C)C3C=CC(=O)[C@@]3(C)C(O)[C@@H]21. The third-order valence-corrected chi connectivity index (χ3v) is 12.0. The third-order valence-electron chi connectivity index (χ3n) is 12.0. The van der Waals surface area contributed by atoms with E-state index in [0.717, 1.165) is 0 Å². The van der Waals surface area contributed by atoms with Crippen molar-refractivity contribution in [3.05, 3.63) is 24.3 Å². The number of esters is 2. The van der Waals surface area contributed by atoms with Crippen molar-refractivity contribution < 1.29 is 33.8 Å². The molecule has 7 aliphatic rings. The van der Waals surface area contributed by atoms with E-state index in [4.69, 9.17) is 9.47 Å². The van der Waals surface area contributed by atoms with E-state index in [2.05, 4.69) is 20.4 Å². The molecule has 0 aromatic heterocycles. The van der Waals surface area contributed by atoms with Crippen LogP contribution in [-0.2, 0) is 28.7 Å². The number of carbonyl (C=O) groups is 4. The summed E-state index contributed by atoms with van der Waals surface area (Å²) in [5.74, 6) is -1.99. The summed E-state index contributed by atoms with van der Waals surface area (Å²) in [6, 6.07) is 0. The molecule has 36 heavy (non-hydrogen) atoms. The number of ketones is 2. The maximum absolute atomic E-state index is 14.2. The van der Waals surface area contributed by atoms with Crippen LogP contribution < -0.4 is 0 Å². The maximum atomic E-state index is 14.2. The first kappa shape index (κ1) is 22.9. The maximum Gasteiger partial charge on any atom is 0.334 e. The molecule has 7 nitrogen and oxygen atoms in total. The summed E-state index contributed by atoms with van der Waals surface area (Å²) < 4.78 is 11.8. The van der Waals surface area contributed by atoms with Gasteiger partial charge in [-0.1, -0.05) is 26.5 Å². The Morgan fingerprint density at radius 1 is 0.972 bits per heavy atom. The van der Waals surface area contributed by atoms with Gasteiger partial charge in [-0.2, -0.15) is 0 Å². The number of aliphatic hydroxyl groups is 1. The fourth-order valence-electron chi connectivity index (χ4n) is 10.7. The van der Waals surface area contributed by atoms with Gasteiger partial charge in [0.2, 0.25) is 0 Å². The average molecular weight is 495 g/mol. The number of hydrogen-bond donors (Lipinski definition) is 1. The van der Waals surface area contributed by atoms with Gasteiger partial charge in [0.1, 0.15) is 18.0 Å². The van der Waals surface area contributed by atoms with E-state index in [1.807, 2.05) is 13.0 Å². The predicted octanol–water partition coefficient (Wildman–Crippen LogP) is 2.80. The van der Waals surface area contributed by atoms with Crippen molar-refractivity contribution in [3.8, 4) is 0 Å². The molecule has 2 bridgehead atoms. The second-order valence-corrected chi connectivity index (χ2v) is 13.2. The van der Waals surface area contributed by atoms with E-state index < -0.39 is 46.3 Å². The van der Waals surface area contributed by atoms with Crippen molar-refractivity contribution in [3.63, 3.8) is 0 Å². The van der Waals surface area contributed by atoms with Gasteiger partial charge < -0.3 is 14.6 Å². The molecule has 2 aliphatic heterocycles. The van der Waals surface area contributed by atoms with Crippen molar-refractivity contribution in [2.45, 2.75) is 71.2 Å². The minimum atomic E-state index is -1.21. The zero-order valence-electron chi connectivity index (χ0n) is 21.1. The molecule has 0 aromatic carbocycles. The van der Waals surface area contributed by atoms with Crippen LogP contribution in [0.2, 0.25) is 0 Å². The zero-order valence-corrected chi connectivity index (χ0v) is 21.1. The lowest BCUT2D eigenvalue weighted by atomic mass is 9.49. The second kappa shape index (κ2) is 6.77. The molecule has 4 unspecified atom stereocenters. The lowest BCUT2D eigenvalue weighted by Crippen LogP contribution is -2.59. The monoisotopic (exact) mass is 494 g/mol. The van der Waals surface area contributed by atoms with Gasteiger partial charge in [0, 0.05) is 29.2 Å². The van der Waals surface area contributed by atoms with Gasteiger partial charge in [0.15, 0.2) is 5.78 Å². The molecule has 5 aliphatic carbocycles. The van der Waals surface area contributed by atoms with Crippen LogP contribution in [-0.4, -0.2) is 46.9 Å². The summed E-state index contributed by atoms with van der Waals surface area (Å²) in [5.41, 5.74) is -2.96. The third kappa shape index (κ3) is 2.24. The normalized spacial score (nSPS) is 56.7. The molecule has 13 atom stereocenters. The first-order valence-electron chi connectivity index (χ1n) is 13.5.